The molecule has 0 radical (unpaired) electrons. The van der Waals surface area contributed by atoms with Gasteiger partial charge < -0.3 is 15.2 Å². The Bertz CT molecular complexity index is 733. The number of nitrogens with one attached hydrogen (secondary N) is 1. The predicted molar refractivity (Wildman–Crippen MR) is 65.0 cm³/mol. The fourth-order valence-corrected chi connectivity index (χ4v) is 2.24. The lowest BCUT2D eigenvalue weighted by molar-refractivity contribution is 0.181. The number of H-pyrrole nitrogens is 1. The molecule has 1 aromatic heterocycles. The summed E-state index contributed by atoms with van der Waals surface area (Å²) in [6, 6.07) is 4.35. The molecular weight excluding hydrogens is 237 g/mol. The first-order valence-corrected chi connectivity index (χ1v) is 5.49. The molecule has 0 saturated carbocycles. The van der Waals surface area contributed by atoms with Gasteiger partial charge >= 0.3 is 0 Å². The van der Waals surface area contributed by atoms with Gasteiger partial charge in [0.15, 0.2) is 0 Å². The van der Waals surface area contributed by atoms with Crippen LogP contribution < -0.4 is 5.56 Å². The summed E-state index contributed by atoms with van der Waals surface area (Å²) in [6.07, 6.45) is 0.0606. The predicted octanol–water partition coefficient (Wildman–Crippen LogP) is 1.46. The van der Waals surface area contributed by atoms with Gasteiger partial charge in [0.2, 0.25) is 0 Å². The third-order valence-corrected chi connectivity index (χ3v) is 3.13. The molecule has 4 nitrogen and oxygen atoms in total. The Hall–Kier alpha value is -2.14. The summed E-state index contributed by atoms with van der Waals surface area (Å²) in [5.74, 6) is -0.642. The maximum Gasteiger partial charge on any atom is 0.256 e. The molecule has 0 saturated heterocycles. The van der Waals surface area contributed by atoms with Crippen LogP contribution in [0.1, 0.15) is 11.3 Å². The Kier molecular flexibility index (Phi) is 2.24. The second kappa shape index (κ2) is 3.68. The number of aromatic amines is 1. The molecular formula is C13H10FNO3. The summed E-state index contributed by atoms with van der Waals surface area (Å²) < 4.78 is 13.4. The van der Waals surface area contributed by atoms with E-state index in [0.717, 1.165) is 0 Å². The van der Waals surface area contributed by atoms with Crippen LogP contribution in [-0.4, -0.2) is 21.3 Å². The Morgan fingerprint density at radius 2 is 2.11 bits per heavy atom. The zero-order chi connectivity index (χ0) is 12.9. The van der Waals surface area contributed by atoms with Crippen molar-refractivity contribution in [3.63, 3.8) is 0 Å². The summed E-state index contributed by atoms with van der Waals surface area (Å²) >= 11 is 0. The molecule has 1 heterocycles. The molecule has 18 heavy (non-hydrogen) atoms. The number of hydrogen-bond donors (Lipinski definition) is 3. The average Bonchev–Trinajstić information content (AvgIpc) is 2.32. The fourth-order valence-electron chi connectivity index (χ4n) is 2.24. The first-order valence-electron chi connectivity index (χ1n) is 5.49. The highest BCUT2D eigenvalue weighted by Gasteiger charge is 2.22. The van der Waals surface area contributed by atoms with Crippen molar-refractivity contribution in [1.29, 1.82) is 0 Å². The van der Waals surface area contributed by atoms with E-state index in [1.807, 2.05) is 0 Å². The topological polar surface area (TPSA) is 73.3 Å². The Morgan fingerprint density at radius 3 is 2.89 bits per heavy atom. The summed E-state index contributed by atoms with van der Waals surface area (Å²) in [4.78, 5) is 14.4. The molecule has 1 atom stereocenters. The van der Waals surface area contributed by atoms with Gasteiger partial charge in [-0.3, -0.25) is 4.79 Å². The molecule has 1 aliphatic rings. The zero-order valence-corrected chi connectivity index (χ0v) is 9.27. The number of pyridine rings is 1. The number of phenolic OH excluding ortho intramolecular Hbond substituents is 1. The molecule has 3 rings (SSSR count). The quantitative estimate of drug-likeness (QED) is 0.660. The fraction of sp³-hybridized carbons (Fsp3) is 0.154. The van der Waals surface area contributed by atoms with Gasteiger partial charge in [-0.2, -0.15) is 0 Å². The minimum absolute atomic E-state index is 0.0201. The van der Waals surface area contributed by atoms with Gasteiger partial charge in [0.25, 0.3) is 5.56 Å². The van der Waals surface area contributed by atoms with E-state index < -0.39 is 11.9 Å². The van der Waals surface area contributed by atoms with E-state index >= 15 is 0 Å². The van der Waals surface area contributed by atoms with Crippen molar-refractivity contribution in [2.45, 2.75) is 12.5 Å². The second-order valence-electron chi connectivity index (χ2n) is 4.33. The lowest BCUT2D eigenvalue weighted by atomic mass is 9.95. The zero-order valence-electron chi connectivity index (χ0n) is 9.27. The van der Waals surface area contributed by atoms with E-state index in [-0.39, 0.29) is 17.7 Å². The van der Waals surface area contributed by atoms with Gasteiger partial charge in [0.05, 0.1) is 5.39 Å². The molecule has 0 spiro atoms. The molecule has 2 aromatic rings. The molecule has 0 fully saturated rings. The van der Waals surface area contributed by atoms with Gasteiger partial charge in [-0.25, -0.2) is 4.39 Å². The molecule has 0 amide bonds. The molecule has 0 bridgehead atoms. The first-order chi connectivity index (χ1) is 8.56. The molecule has 1 unspecified atom stereocenters. The number of aliphatic hydroxyl groups is 1. The van der Waals surface area contributed by atoms with Crippen LogP contribution in [0.15, 0.2) is 28.8 Å². The molecule has 5 heteroatoms. The van der Waals surface area contributed by atoms with Crippen LogP contribution in [0.4, 0.5) is 4.39 Å². The largest absolute Gasteiger partial charge is 0.508 e. The molecule has 92 valence electrons. The second-order valence-corrected chi connectivity index (χ2v) is 4.33. The minimum atomic E-state index is -1.21. The van der Waals surface area contributed by atoms with Crippen LogP contribution in [0, 0.1) is 0 Å². The maximum absolute atomic E-state index is 13.4. The van der Waals surface area contributed by atoms with E-state index in [9.17, 15) is 19.4 Å². The molecule has 1 aliphatic carbocycles. The number of aromatic nitrogens is 1. The summed E-state index contributed by atoms with van der Waals surface area (Å²) in [6.45, 7) is 0. The van der Waals surface area contributed by atoms with Crippen LogP contribution in [0.2, 0.25) is 0 Å². The number of phenols is 1. The van der Waals surface area contributed by atoms with Gasteiger partial charge in [0, 0.05) is 17.7 Å². The van der Waals surface area contributed by atoms with Crippen LogP contribution in [-0.2, 0) is 6.42 Å². The standard InChI is InChI=1S/C13H10FNO3/c14-10-4-8-7-2-1-6(16)3-9(7)13(18)15-11(8)5-12(10)17/h1-4,12,16-17H,5H2,(H,15,18). The molecule has 1 aromatic carbocycles. The Labute approximate surface area is 101 Å². The van der Waals surface area contributed by atoms with E-state index in [0.29, 0.717) is 22.0 Å². The van der Waals surface area contributed by atoms with Crippen LogP contribution >= 0.6 is 0 Å². The van der Waals surface area contributed by atoms with Crippen molar-refractivity contribution in [3.05, 3.63) is 45.6 Å². The number of aromatic hydroxyl groups is 1. The third-order valence-electron chi connectivity index (χ3n) is 3.13. The number of aliphatic hydroxyl groups excluding tert-OH is 1. The molecule has 3 N–H and O–H groups in total. The first kappa shape index (κ1) is 11.0. The van der Waals surface area contributed by atoms with Crippen molar-refractivity contribution in [2.24, 2.45) is 0 Å². The van der Waals surface area contributed by atoms with Crippen molar-refractivity contribution in [1.82, 2.24) is 4.98 Å². The Morgan fingerprint density at radius 1 is 1.33 bits per heavy atom. The summed E-state index contributed by atoms with van der Waals surface area (Å²) in [5, 5.41) is 19.7. The molecule has 0 aliphatic heterocycles. The lowest BCUT2D eigenvalue weighted by Crippen LogP contribution is -2.21. The highest BCUT2D eigenvalue weighted by Crippen LogP contribution is 2.29. The van der Waals surface area contributed by atoms with E-state index in [4.69, 9.17) is 0 Å². The van der Waals surface area contributed by atoms with Crippen molar-refractivity contribution in [2.75, 3.05) is 0 Å². The number of hydrogen-bond acceptors (Lipinski definition) is 3. The number of halogens is 1. The smallest absolute Gasteiger partial charge is 0.256 e. The highest BCUT2D eigenvalue weighted by molar-refractivity contribution is 5.92. The maximum atomic E-state index is 13.4. The van der Waals surface area contributed by atoms with Gasteiger partial charge in [-0.15, -0.1) is 0 Å². The van der Waals surface area contributed by atoms with Crippen LogP contribution in [0.5, 0.6) is 5.75 Å². The van der Waals surface area contributed by atoms with Crippen LogP contribution in [0.25, 0.3) is 16.8 Å². The number of benzene rings is 1. The van der Waals surface area contributed by atoms with Gasteiger partial charge in [-0.1, -0.05) is 0 Å². The van der Waals surface area contributed by atoms with Crippen molar-refractivity contribution in [3.8, 4) is 5.75 Å². The van der Waals surface area contributed by atoms with E-state index in [1.165, 1.54) is 18.2 Å². The highest BCUT2D eigenvalue weighted by atomic mass is 19.1. The number of fused-ring (bicyclic) bond motifs is 3. The van der Waals surface area contributed by atoms with E-state index in [1.54, 1.807) is 6.07 Å². The normalized spacial score (nSPS) is 18.6. The number of rotatable bonds is 0. The van der Waals surface area contributed by atoms with Crippen molar-refractivity contribution < 1.29 is 14.6 Å². The third kappa shape index (κ3) is 1.52. The van der Waals surface area contributed by atoms with Crippen LogP contribution in [0.3, 0.4) is 0 Å². The van der Waals surface area contributed by atoms with Gasteiger partial charge in [0.1, 0.15) is 17.7 Å². The average molecular weight is 247 g/mol. The summed E-state index contributed by atoms with van der Waals surface area (Å²) in [7, 11) is 0. The monoisotopic (exact) mass is 247 g/mol. The lowest BCUT2D eigenvalue weighted by Gasteiger charge is -2.18. The summed E-state index contributed by atoms with van der Waals surface area (Å²) in [5.41, 5.74) is 0.696. The Balaban J connectivity index is 2.42. The minimum Gasteiger partial charge on any atom is -0.508 e. The van der Waals surface area contributed by atoms with Gasteiger partial charge in [-0.05, 0) is 29.7 Å². The van der Waals surface area contributed by atoms with E-state index in [2.05, 4.69) is 4.98 Å². The van der Waals surface area contributed by atoms with Crippen molar-refractivity contribution >= 4 is 16.8 Å². The SMILES string of the molecule is O=c1[nH]c2c(c3ccc(O)cc13)C=C(F)C(O)C2.